The Bertz CT molecular complexity index is 3010. The highest BCUT2D eigenvalue weighted by atomic mass is 32.2. The second-order valence-electron chi connectivity index (χ2n) is 22.3. The average molecular weight is 1020 g/mol. The Morgan fingerprint density at radius 2 is 1.74 bits per heavy atom. The molecule has 18 heteroatoms. The van der Waals surface area contributed by atoms with E-state index in [1.807, 2.05) is 24.0 Å². The maximum atomic E-state index is 15.3. The minimum atomic E-state index is -4.67. The first kappa shape index (κ1) is 49.4. The molecule has 4 N–H and O–H groups in total. The van der Waals surface area contributed by atoms with Crippen LogP contribution in [0.5, 0.6) is 5.88 Å². The lowest BCUT2D eigenvalue weighted by molar-refractivity contribution is -0.384. The molecule has 0 radical (unpaired) electrons. The van der Waals surface area contributed by atoms with Gasteiger partial charge in [0.25, 0.3) is 21.6 Å². The van der Waals surface area contributed by atoms with Crippen LogP contribution in [-0.4, -0.2) is 109 Å². The number of halogens is 1. The number of ether oxygens (including phenoxy) is 2. The summed E-state index contributed by atoms with van der Waals surface area (Å²) in [6.45, 7) is 11.2. The molecule has 6 aliphatic rings. The molecule has 1 amide bonds. The summed E-state index contributed by atoms with van der Waals surface area (Å²) in [7, 11) is -4.67. The number of anilines is 4. The van der Waals surface area contributed by atoms with Crippen LogP contribution in [-0.2, 0) is 14.8 Å². The Hall–Kier alpha value is -5.82. The maximum Gasteiger partial charge on any atom is 0.293 e. The zero-order chi connectivity index (χ0) is 50.8. The number of hydrogen-bond donors (Lipinski definition) is 4. The van der Waals surface area contributed by atoms with Crippen LogP contribution in [0.25, 0.3) is 11.0 Å². The van der Waals surface area contributed by atoms with Gasteiger partial charge in [-0.3, -0.25) is 19.8 Å². The Kier molecular flexibility index (Phi) is 13.2. The van der Waals surface area contributed by atoms with Gasteiger partial charge in [0, 0.05) is 63.3 Å². The molecule has 3 aromatic carbocycles. The molecule has 0 unspecified atom stereocenters. The van der Waals surface area contributed by atoms with Gasteiger partial charge in [-0.2, -0.15) is 4.98 Å². The first-order valence-electron chi connectivity index (χ1n) is 26.3. The van der Waals surface area contributed by atoms with Gasteiger partial charge in [0.1, 0.15) is 28.9 Å². The number of likely N-dealkylation sites (tertiary alicyclic amines) is 1. The predicted molar refractivity (Wildman–Crippen MR) is 278 cm³/mol. The van der Waals surface area contributed by atoms with E-state index in [4.69, 9.17) is 9.47 Å². The Morgan fingerprint density at radius 3 is 2.51 bits per heavy atom. The number of pyridine rings is 1. The van der Waals surface area contributed by atoms with Crippen molar-refractivity contribution in [3.63, 3.8) is 0 Å². The number of nitro groups is 1. The van der Waals surface area contributed by atoms with Gasteiger partial charge in [-0.1, -0.05) is 51.0 Å². The number of aliphatic hydroxyl groups is 1. The number of nitrogens with one attached hydrogen (secondary N) is 3. The molecule has 73 heavy (non-hydrogen) atoms. The van der Waals surface area contributed by atoms with Gasteiger partial charge in [0.2, 0.25) is 5.88 Å². The van der Waals surface area contributed by atoms with Crippen molar-refractivity contribution in [2.24, 2.45) is 11.3 Å². The molecule has 388 valence electrons. The SMILES string of the molecule is CC(C)c1ccccc1[C@@H]1CCCC[C@H]1N1CC2(CCN(c3ccc(C(=O)NS(=O)(=O)c4ccc(NC[C@H]5CC[C@](C)(O)CC5)c([N+](=O)[O-])c4)c(N4c5cc6c(F)c[nH]c6nc5O[C@H]5COCC[C@@H]54)c3)CC2)C1. The van der Waals surface area contributed by atoms with Gasteiger partial charge in [0.05, 0.1) is 44.7 Å². The fraction of sp³-hybridized carbons (Fsp3) is 0.527. The molecule has 5 fully saturated rings. The maximum absolute atomic E-state index is 15.3. The van der Waals surface area contributed by atoms with E-state index in [-0.39, 0.29) is 40.5 Å². The number of amides is 1. The van der Waals surface area contributed by atoms with Crippen molar-refractivity contribution in [3.8, 4) is 5.88 Å². The number of aromatic amines is 1. The van der Waals surface area contributed by atoms with Crippen LogP contribution in [0.3, 0.4) is 0 Å². The van der Waals surface area contributed by atoms with E-state index in [1.54, 1.807) is 12.1 Å². The molecule has 5 aromatic rings. The number of piperidine rings is 1. The second-order valence-corrected chi connectivity index (χ2v) is 24.0. The number of sulfonamides is 1. The molecule has 2 aromatic heterocycles. The van der Waals surface area contributed by atoms with E-state index >= 15 is 4.39 Å². The topological polar surface area (TPSA) is 196 Å². The van der Waals surface area contributed by atoms with Gasteiger partial charge in [-0.05, 0) is 135 Å². The molecule has 3 saturated heterocycles. The average Bonchev–Trinajstić information content (AvgIpc) is 3.74. The smallest absolute Gasteiger partial charge is 0.293 e. The molecule has 1 spiro atoms. The molecule has 2 aliphatic carbocycles. The van der Waals surface area contributed by atoms with Crippen molar-refractivity contribution in [2.75, 3.05) is 61.1 Å². The minimum Gasteiger partial charge on any atom is -0.468 e. The van der Waals surface area contributed by atoms with Crippen molar-refractivity contribution in [1.29, 1.82) is 0 Å². The molecule has 16 nitrogen and oxygen atoms in total. The largest absolute Gasteiger partial charge is 0.468 e. The minimum absolute atomic E-state index is 0.0310. The highest BCUT2D eigenvalue weighted by molar-refractivity contribution is 7.90. The van der Waals surface area contributed by atoms with E-state index in [2.05, 4.69) is 67.9 Å². The van der Waals surface area contributed by atoms with Gasteiger partial charge in [0.15, 0.2) is 0 Å². The summed E-state index contributed by atoms with van der Waals surface area (Å²) in [4.78, 5) is 40.6. The van der Waals surface area contributed by atoms with Crippen LogP contribution in [0, 0.1) is 27.3 Å². The first-order valence-corrected chi connectivity index (χ1v) is 27.8. The molecular formula is C55H67FN8O8S. The number of carbonyl (C=O) groups excluding carboxylic acids is 1. The molecule has 2 saturated carbocycles. The summed E-state index contributed by atoms with van der Waals surface area (Å²) >= 11 is 0. The monoisotopic (exact) mass is 1020 g/mol. The zero-order valence-electron chi connectivity index (χ0n) is 41.9. The Morgan fingerprint density at radius 1 is 0.973 bits per heavy atom. The van der Waals surface area contributed by atoms with Crippen molar-refractivity contribution < 1.29 is 37.1 Å². The van der Waals surface area contributed by atoms with Gasteiger partial charge in [-0.15, -0.1) is 0 Å². The van der Waals surface area contributed by atoms with Crippen molar-refractivity contribution in [1.82, 2.24) is 19.6 Å². The number of carbonyl (C=O) groups is 1. The molecule has 4 atom stereocenters. The zero-order valence-corrected chi connectivity index (χ0v) is 42.8. The van der Waals surface area contributed by atoms with Crippen LogP contribution in [0.2, 0.25) is 0 Å². The summed E-state index contributed by atoms with van der Waals surface area (Å²) in [5.74, 6) is -0.0446. The quantitative estimate of drug-likeness (QED) is 0.0682. The van der Waals surface area contributed by atoms with Crippen LogP contribution >= 0.6 is 0 Å². The number of aromatic nitrogens is 2. The molecular weight excluding hydrogens is 952 g/mol. The number of nitro benzene ring substituents is 1. The summed E-state index contributed by atoms with van der Waals surface area (Å²) in [5.41, 5.74) is 4.17. The highest BCUT2D eigenvalue weighted by Crippen LogP contribution is 2.50. The summed E-state index contributed by atoms with van der Waals surface area (Å²) in [6, 6.07) is 19.8. The number of hydrogen-bond acceptors (Lipinski definition) is 13. The van der Waals surface area contributed by atoms with E-state index in [0.717, 1.165) is 63.6 Å². The summed E-state index contributed by atoms with van der Waals surface area (Å²) in [6.07, 6.45) is 10.9. The van der Waals surface area contributed by atoms with E-state index in [0.29, 0.717) is 67.3 Å². The van der Waals surface area contributed by atoms with E-state index in [9.17, 15) is 28.4 Å². The molecule has 0 bridgehead atoms. The second kappa shape index (κ2) is 19.5. The third-order valence-electron chi connectivity index (χ3n) is 17.1. The van der Waals surface area contributed by atoms with Crippen LogP contribution in [0.4, 0.5) is 32.8 Å². The molecule has 6 heterocycles. The Labute approximate surface area is 426 Å². The fourth-order valence-electron chi connectivity index (χ4n) is 13.0. The van der Waals surface area contributed by atoms with Crippen molar-refractivity contribution in [3.05, 3.63) is 106 Å². The highest BCUT2D eigenvalue weighted by Gasteiger charge is 2.49. The standard InChI is InChI=1S/C55H67FN8O8S/c1-34(2)38-8-4-5-9-39(38)40-10-6-7-11-45(40)62-32-55(33-62)21-23-61(24-22-55)36-12-14-41(47(26-36)63-46-18-25-71-31-50(46)72-53-49(63)28-42-43(56)30-58-51(42)59-53)52(65)60-73(69,70)37-13-15-44(48(27-37)64(67)68)57-29-35-16-19-54(3,66)20-17-35/h4-5,8-9,12-15,26-28,30,34-35,40,45-46,50,57,66H,6-7,10-11,16-25,29,31-33H2,1-3H3,(H,58,59)(H,60,65)/t35-,40-,45+,46-,50-,54-/m0/s1. The first-order chi connectivity index (χ1) is 35.1. The van der Waals surface area contributed by atoms with Gasteiger partial charge in [-0.25, -0.2) is 17.5 Å². The number of rotatable bonds is 12. The lowest BCUT2D eigenvalue weighted by Gasteiger charge is -2.58. The summed E-state index contributed by atoms with van der Waals surface area (Å²) < 4.78 is 58.2. The number of nitrogens with zero attached hydrogens (tertiary/aromatic N) is 5. The molecule has 4 aliphatic heterocycles. The number of H-pyrrole nitrogens is 1. The van der Waals surface area contributed by atoms with Crippen LogP contribution in [0.15, 0.2) is 77.8 Å². The Balaban J connectivity index is 0.873. The van der Waals surface area contributed by atoms with E-state index in [1.165, 1.54) is 55.1 Å². The lowest BCUT2D eigenvalue weighted by Crippen LogP contribution is -2.64. The van der Waals surface area contributed by atoms with Gasteiger partial charge < -0.3 is 34.7 Å². The van der Waals surface area contributed by atoms with Crippen LogP contribution in [0.1, 0.15) is 125 Å². The van der Waals surface area contributed by atoms with E-state index < -0.39 is 55.0 Å². The summed E-state index contributed by atoms with van der Waals surface area (Å²) in [5, 5.41) is 26.1. The fourth-order valence-corrected chi connectivity index (χ4v) is 13.9. The molecule has 11 rings (SSSR count). The van der Waals surface area contributed by atoms with Crippen molar-refractivity contribution in [2.45, 2.75) is 132 Å². The third-order valence-corrected chi connectivity index (χ3v) is 18.4. The number of fused-ring (bicyclic) bond motifs is 3. The van der Waals surface area contributed by atoms with Gasteiger partial charge >= 0.3 is 0 Å². The lowest BCUT2D eigenvalue weighted by atomic mass is 9.68. The normalized spacial score (nSPS) is 26.2. The predicted octanol–water partition coefficient (Wildman–Crippen LogP) is 9.52. The van der Waals surface area contributed by atoms with Crippen molar-refractivity contribution >= 4 is 55.4 Å². The van der Waals surface area contributed by atoms with Crippen LogP contribution < -0.4 is 24.6 Å². The third kappa shape index (κ3) is 9.64. The number of benzene rings is 3.